The van der Waals surface area contributed by atoms with Crippen LogP contribution in [0.1, 0.15) is 36.5 Å². The molecule has 0 radical (unpaired) electrons. The minimum atomic E-state index is -1.07. The SMILES string of the molecule is COc1cc(C)c(-c2nc3ccccc3c(=O)n2N=Cc2ccc(OCC(=O)O)c(Br)c2)cc1C(C)C. The number of hydrogen-bond acceptors (Lipinski definition) is 6. The number of para-hydroxylation sites is 1. The molecule has 0 atom stereocenters. The lowest BCUT2D eigenvalue weighted by molar-refractivity contribution is -0.139. The molecule has 0 amide bonds. The monoisotopic (exact) mass is 563 g/mol. The minimum Gasteiger partial charge on any atom is -0.496 e. The normalized spacial score (nSPS) is 11.4. The number of fused-ring (bicyclic) bond motifs is 1. The van der Waals surface area contributed by atoms with Gasteiger partial charge in [0.1, 0.15) is 11.5 Å². The molecule has 0 aliphatic carbocycles. The van der Waals surface area contributed by atoms with Crippen molar-refractivity contribution in [2.75, 3.05) is 13.7 Å². The van der Waals surface area contributed by atoms with Crippen LogP contribution in [0.2, 0.25) is 0 Å². The first-order chi connectivity index (χ1) is 17.7. The number of nitrogens with zero attached hydrogens (tertiary/aromatic N) is 3. The van der Waals surface area contributed by atoms with Crippen molar-refractivity contribution in [2.24, 2.45) is 5.10 Å². The van der Waals surface area contributed by atoms with Gasteiger partial charge in [-0.15, -0.1) is 0 Å². The molecule has 8 nitrogen and oxygen atoms in total. The number of aromatic nitrogens is 2. The number of carbonyl (C=O) groups is 1. The van der Waals surface area contributed by atoms with Gasteiger partial charge in [-0.05, 0) is 87.9 Å². The third-order valence-electron chi connectivity index (χ3n) is 5.82. The van der Waals surface area contributed by atoms with E-state index >= 15 is 0 Å². The summed E-state index contributed by atoms with van der Waals surface area (Å²) in [7, 11) is 1.64. The van der Waals surface area contributed by atoms with Crippen LogP contribution in [0.15, 0.2) is 69.0 Å². The number of methoxy groups -OCH3 is 1. The minimum absolute atomic E-state index is 0.192. The summed E-state index contributed by atoms with van der Waals surface area (Å²) >= 11 is 3.39. The Morgan fingerprint density at radius 2 is 1.92 bits per heavy atom. The highest BCUT2D eigenvalue weighted by molar-refractivity contribution is 9.10. The van der Waals surface area contributed by atoms with Gasteiger partial charge >= 0.3 is 5.97 Å². The fourth-order valence-electron chi connectivity index (χ4n) is 3.95. The van der Waals surface area contributed by atoms with Crippen LogP contribution < -0.4 is 15.0 Å². The quantitative estimate of drug-likeness (QED) is 0.279. The van der Waals surface area contributed by atoms with Gasteiger partial charge < -0.3 is 14.6 Å². The van der Waals surface area contributed by atoms with Crippen molar-refractivity contribution in [2.45, 2.75) is 26.7 Å². The molecule has 4 aromatic rings. The van der Waals surface area contributed by atoms with Gasteiger partial charge in [-0.25, -0.2) is 9.78 Å². The average Bonchev–Trinajstić information content (AvgIpc) is 2.87. The van der Waals surface area contributed by atoms with Crippen molar-refractivity contribution in [3.8, 4) is 22.9 Å². The fourth-order valence-corrected chi connectivity index (χ4v) is 4.46. The topological polar surface area (TPSA) is 103 Å². The highest BCUT2D eigenvalue weighted by atomic mass is 79.9. The third-order valence-corrected chi connectivity index (χ3v) is 6.44. The summed E-state index contributed by atoms with van der Waals surface area (Å²) in [6.45, 7) is 5.66. The highest BCUT2D eigenvalue weighted by Gasteiger charge is 2.18. The molecular formula is C28H26BrN3O5. The van der Waals surface area contributed by atoms with Crippen molar-refractivity contribution < 1.29 is 19.4 Å². The zero-order valence-corrected chi connectivity index (χ0v) is 22.4. The van der Waals surface area contributed by atoms with Crippen molar-refractivity contribution in [1.82, 2.24) is 9.66 Å². The van der Waals surface area contributed by atoms with E-state index in [9.17, 15) is 9.59 Å². The first kappa shape index (κ1) is 26.1. The number of aliphatic carboxylic acids is 1. The molecule has 0 bridgehead atoms. The van der Waals surface area contributed by atoms with Crippen LogP contribution in [-0.2, 0) is 4.79 Å². The Balaban J connectivity index is 1.86. The molecule has 190 valence electrons. The summed E-state index contributed by atoms with van der Waals surface area (Å²) in [5.74, 6) is 0.715. The molecular weight excluding hydrogens is 538 g/mol. The molecule has 0 saturated carbocycles. The van der Waals surface area contributed by atoms with Crippen LogP contribution in [-0.4, -0.2) is 40.7 Å². The maximum absolute atomic E-state index is 13.6. The standard InChI is InChI=1S/C28H26BrN3O5/c1-16(2)20-13-21(17(3)11-25(20)36-4)27-31-23-8-6-5-7-19(23)28(35)32(27)30-14-18-9-10-24(22(29)12-18)37-15-26(33)34/h5-14,16H,15H2,1-4H3,(H,33,34). The van der Waals surface area contributed by atoms with E-state index in [0.717, 1.165) is 22.4 Å². The number of benzene rings is 3. The van der Waals surface area contributed by atoms with Gasteiger partial charge in [0.25, 0.3) is 5.56 Å². The second-order valence-electron chi connectivity index (χ2n) is 8.75. The number of aryl methyl sites for hydroxylation is 1. The van der Waals surface area contributed by atoms with Crippen molar-refractivity contribution in [3.05, 3.63) is 86.1 Å². The molecule has 0 aliphatic heterocycles. The van der Waals surface area contributed by atoms with Gasteiger partial charge in [0.15, 0.2) is 12.4 Å². The van der Waals surface area contributed by atoms with Crippen LogP contribution >= 0.6 is 15.9 Å². The first-order valence-electron chi connectivity index (χ1n) is 11.6. The Morgan fingerprint density at radius 1 is 1.16 bits per heavy atom. The molecule has 0 fully saturated rings. The van der Waals surface area contributed by atoms with Gasteiger partial charge in [-0.1, -0.05) is 26.0 Å². The number of halogens is 1. The molecule has 0 saturated heterocycles. The van der Waals surface area contributed by atoms with E-state index in [4.69, 9.17) is 19.6 Å². The van der Waals surface area contributed by atoms with Gasteiger partial charge in [0.05, 0.1) is 28.7 Å². The summed E-state index contributed by atoms with van der Waals surface area (Å²) < 4.78 is 12.7. The summed E-state index contributed by atoms with van der Waals surface area (Å²) in [6, 6.07) is 16.2. The van der Waals surface area contributed by atoms with E-state index in [2.05, 4.69) is 34.9 Å². The van der Waals surface area contributed by atoms with Crippen LogP contribution in [0.3, 0.4) is 0 Å². The van der Waals surface area contributed by atoms with E-state index in [0.29, 0.717) is 32.5 Å². The number of hydrogen-bond donors (Lipinski definition) is 1. The predicted molar refractivity (Wildman–Crippen MR) is 147 cm³/mol. The predicted octanol–water partition coefficient (Wildman–Crippen LogP) is 5.61. The second kappa shape index (κ2) is 11.0. The Bertz CT molecular complexity index is 1580. The molecule has 9 heteroatoms. The number of ether oxygens (including phenoxy) is 2. The van der Waals surface area contributed by atoms with Crippen molar-refractivity contribution in [1.29, 1.82) is 0 Å². The third kappa shape index (κ3) is 5.56. The summed E-state index contributed by atoms with van der Waals surface area (Å²) in [4.78, 5) is 29.2. The second-order valence-corrected chi connectivity index (χ2v) is 9.60. The molecule has 1 N–H and O–H groups in total. The Kier molecular flexibility index (Phi) is 7.73. The van der Waals surface area contributed by atoms with Gasteiger partial charge in [-0.2, -0.15) is 9.78 Å². The summed E-state index contributed by atoms with van der Waals surface area (Å²) in [5, 5.41) is 13.8. The van der Waals surface area contributed by atoms with Crippen LogP contribution in [0, 0.1) is 6.92 Å². The molecule has 3 aromatic carbocycles. The Morgan fingerprint density at radius 3 is 2.59 bits per heavy atom. The number of carboxylic acids is 1. The highest BCUT2D eigenvalue weighted by Crippen LogP contribution is 2.34. The lowest BCUT2D eigenvalue weighted by Crippen LogP contribution is -2.20. The largest absolute Gasteiger partial charge is 0.496 e. The van der Waals surface area contributed by atoms with Gasteiger partial charge in [0.2, 0.25) is 0 Å². The lowest BCUT2D eigenvalue weighted by Gasteiger charge is -2.17. The zero-order valence-electron chi connectivity index (χ0n) is 20.9. The maximum atomic E-state index is 13.6. The van der Waals surface area contributed by atoms with E-state index in [1.165, 1.54) is 4.68 Å². The molecule has 0 aliphatic rings. The molecule has 0 unspecified atom stereocenters. The van der Waals surface area contributed by atoms with Crippen LogP contribution in [0.5, 0.6) is 11.5 Å². The smallest absolute Gasteiger partial charge is 0.341 e. The molecule has 1 heterocycles. The van der Waals surface area contributed by atoms with E-state index < -0.39 is 12.6 Å². The van der Waals surface area contributed by atoms with Gasteiger partial charge in [0, 0.05) is 5.56 Å². The van der Waals surface area contributed by atoms with E-state index in [1.807, 2.05) is 31.2 Å². The molecule has 4 rings (SSSR count). The van der Waals surface area contributed by atoms with Crippen molar-refractivity contribution >= 4 is 39.0 Å². The summed E-state index contributed by atoms with van der Waals surface area (Å²) in [6.07, 6.45) is 1.55. The Hall–Kier alpha value is -3.98. The van der Waals surface area contributed by atoms with Crippen molar-refractivity contribution in [3.63, 3.8) is 0 Å². The van der Waals surface area contributed by atoms with E-state index in [1.54, 1.807) is 43.7 Å². The van der Waals surface area contributed by atoms with E-state index in [-0.39, 0.29) is 11.5 Å². The maximum Gasteiger partial charge on any atom is 0.341 e. The first-order valence-corrected chi connectivity index (χ1v) is 12.4. The Labute approximate surface area is 222 Å². The van der Waals surface area contributed by atoms with Crippen LogP contribution in [0.25, 0.3) is 22.3 Å². The molecule has 37 heavy (non-hydrogen) atoms. The van der Waals surface area contributed by atoms with Crippen LogP contribution in [0.4, 0.5) is 0 Å². The molecule has 0 spiro atoms. The number of carboxylic acid groups (broad SMARTS) is 1. The lowest BCUT2D eigenvalue weighted by atomic mass is 9.96. The fraction of sp³-hybridized carbons (Fsp3) is 0.214. The van der Waals surface area contributed by atoms with Gasteiger partial charge in [-0.3, -0.25) is 4.79 Å². The molecule has 1 aromatic heterocycles. The summed E-state index contributed by atoms with van der Waals surface area (Å²) in [5.41, 5.74) is 3.64. The average molecular weight is 564 g/mol. The zero-order chi connectivity index (χ0) is 26.7. The number of rotatable bonds is 8.